The van der Waals surface area contributed by atoms with Gasteiger partial charge < -0.3 is 23.7 Å². The summed E-state index contributed by atoms with van der Waals surface area (Å²) in [4.78, 5) is 45.0. The van der Waals surface area contributed by atoms with E-state index in [1.165, 1.54) is 27.9 Å². The number of ether oxygens (including phenoxy) is 5. The molecule has 0 aromatic heterocycles. The first-order chi connectivity index (χ1) is 11.1. The van der Waals surface area contributed by atoms with E-state index in [4.69, 9.17) is 23.7 Å². The van der Waals surface area contributed by atoms with Gasteiger partial charge in [0.05, 0.1) is 0 Å². The van der Waals surface area contributed by atoms with Crippen molar-refractivity contribution in [1.29, 1.82) is 0 Å². The van der Waals surface area contributed by atoms with Crippen molar-refractivity contribution in [3.8, 4) is 0 Å². The van der Waals surface area contributed by atoms with Gasteiger partial charge in [-0.15, -0.1) is 0 Å². The number of hydrogen-bond acceptors (Lipinski definition) is 9. The monoisotopic (exact) mass is 348 g/mol. The van der Waals surface area contributed by atoms with Gasteiger partial charge in [0.25, 0.3) is 0 Å². The van der Waals surface area contributed by atoms with Crippen molar-refractivity contribution in [2.45, 2.75) is 59.0 Å². The number of carbonyl (C=O) groups excluding carboxylic acids is 4. The van der Waals surface area contributed by atoms with Crippen LogP contribution in [0.4, 0.5) is 0 Å². The molecule has 0 aliphatic rings. The highest BCUT2D eigenvalue weighted by Gasteiger charge is 2.40. The Morgan fingerprint density at radius 2 is 1.21 bits per heavy atom. The van der Waals surface area contributed by atoms with Gasteiger partial charge in [-0.05, 0) is 6.92 Å². The van der Waals surface area contributed by atoms with Gasteiger partial charge in [0, 0.05) is 34.8 Å². The van der Waals surface area contributed by atoms with Crippen LogP contribution in [0.25, 0.3) is 0 Å². The van der Waals surface area contributed by atoms with Gasteiger partial charge in [-0.1, -0.05) is 0 Å². The molecule has 0 spiro atoms. The Kier molecular flexibility index (Phi) is 9.63. The summed E-state index contributed by atoms with van der Waals surface area (Å²) in [6, 6.07) is 0. The molecule has 0 aliphatic heterocycles. The van der Waals surface area contributed by atoms with E-state index in [0.29, 0.717) is 0 Å². The summed E-state index contributed by atoms with van der Waals surface area (Å²) in [5.74, 6) is -2.50. The molecule has 0 aliphatic carbocycles. The van der Waals surface area contributed by atoms with Crippen LogP contribution in [0.5, 0.6) is 0 Å². The van der Waals surface area contributed by atoms with Crippen molar-refractivity contribution in [2.75, 3.05) is 13.7 Å². The van der Waals surface area contributed by atoms with Crippen molar-refractivity contribution in [3.63, 3.8) is 0 Å². The zero-order valence-corrected chi connectivity index (χ0v) is 14.7. The molecule has 0 saturated carbocycles. The molecule has 0 heterocycles. The first-order valence-corrected chi connectivity index (χ1v) is 7.26. The van der Waals surface area contributed by atoms with E-state index in [9.17, 15) is 19.2 Å². The Morgan fingerprint density at radius 1 is 0.750 bits per heavy atom. The number of carbonyl (C=O) groups is 4. The molecular formula is C15H24O9. The maximum Gasteiger partial charge on any atom is 0.303 e. The van der Waals surface area contributed by atoms with Gasteiger partial charge in [-0.25, -0.2) is 0 Å². The largest absolute Gasteiger partial charge is 0.463 e. The van der Waals surface area contributed by atoms with Gasteiger partial charge in [-0.2, -0.15) is 0 Å². The molecule has 0 aromatic carbocycles. The average molecular weight is 348 g/mol. The highest BCUT2D eigenvalue weighted by Crippen LogP contribution is 2.19. The van der Waals surface area contributed by atoms with Crippen LogP contribution in [0.15, 0.2) is 0 Å². The third kappa shape index (κ3) is 8.47. The molecule has 0 unspecified atom stereocenters. The van der Waals surface area contributed by atoms with Gasteiger partial charge in [-0.3, -0.25) is 19.2 Å². The Labute approximate surface area is 140 Å². The number of methoxy groups -OCH3 is 1. The minimum absolute atomic E-state index is 0.242. The topological polar surface area (TPSA) is 114 Å². The molecule has 9 nitrogen and oxygen atoms in total. The lowest BCUT2D eigenvalue weighted by Crippen LogP contribution is -2.51. The quantitative estimate of drug-likeness (QED) is 0.431. The van der Waals surface area contributed by atoms with Crippen molar-refractivity contribution < 1.29 is 42.9 Å². The molecule has 0 amide bonds. The minimum Gasteiger partial charge on any atom is -0.463 e. The van der Waals surface area contributed by atoms with Crippen molar-refractivity contribution >= 4 is 23.9 Å². The highest BCUT2D eigenvalue weighted by atomic mass is 16.6. The Morgan fingerprint density at radius 3 is 1.58 bits per heavy atom. The zero-order chi connectivity index (χ0) is 18.9. The SMILES string of the molecule is CO[C@@H](COC(C)=O)[C@@H](OC(C)=O)[C@@H](OC(C)=O)[C@@H](C)OC(C)=O. The zero-order valence-electron chi connectivity index (χ0n) is 14.7. The summed E-state index contributed by atoms with van der Waals surface area (Å²) in [6.45, 7) is 5.95. The van der Waals surface area contributed by atoms with E-state index >= 15 is 0 Å². The summed E-state index contributed by atoms with van der Waals surface area (Å²) in [6.07, 6.45) is -4.15. The Hall–Kier alpha value is -2.16. The summed E-state index contributed by atoms with van der Waals surface area (Å²) in [5, 5.41) is 0. The Bertz CT molecular complexity index is 460. The van der Waals surface area contributed by atoms with Crippen molar-refractivity contribution in [1.82, 2.24) is 0 Å². The second kappa shape index (κ2) is 10.6. The maximum absolute atomic E-state index is 11.4. The van der Waals surface area contributed by atoms with Crippen molar-refractivity contribution in [2.24, 2.45) is 0 Å². The third-order valence-electron chi connectivity index (χ3n) is 2.86. The first kappa shape index (κ1) is 21.8. The van der Waals surface area contributed by atoms with Crippen LogP contribution >= 0.6 is 0 Å². The van der Waals surface area contributed by atoms with E-state index < -0.39 is 48.3 Å². The van der Waals surface area contributed by atoms with Gasteiger partial charge in [0.15, 0.2) is 12.2 Å². The lowest BCUT2D eigenvalue weighted by molar-refractivity contribution is -0.197. The van der Waals surface area contributed by atoms with Crippen LogP contribution in [-0.4, -0.2) is 62.0 Å². The maximum atomic E-state index is 11.4. The van der Waals surface area contributed by atoms with Crippen LogP contribution in [0, 0.1) is 0 Å². The van der Waals surface area contributed by atoms with E-state index in [1.54, 1.807) is 0 Å². The van der Waals surface area contributed by atoms with Crippen LogP contribution in [0.2, 0.25) is 0 Å². The lowest BCUT2D eigenvalue weighted by atomic mass is 10.0. The van der Waals surface area contributed by atoms with E-state index in [-0.39, 0.29) is 6.61 Å². The normalized spacial score (nSPS) is 15.4. The molecule has 0 N–H and O–H groups in total. The van der Waals surface area contributed by atoms with E-state index in [0.717, 1.165) is 13.8 Å². The summed E-state index contributed by atoms with van der Waals surface area (Å²) in [5.41, 5.74) is 0. The van der Waals surface area contributed by atoms with Crippen LogP contribution < -0.4 is 0 Å². The van der Waals surface area contributed by atoms with E-state index in [2.05, 4.69) is 0 Å². The predicted molar refractivity (Wildman–Crippen MR) is 79.8 cm³/mol. The molecule has 0 saturated heterocycles. The fourth-order valence-electron chi connectivity index (χ4n) is 1.99. The molecule has 24 heavy (non-hydrogen) atoms. The van der Waals surface area contributed by atoms with Gasteiger partial charge >= 0.3 is 23.9 Å². The molecule has 0 radical (unpaired) electrons. The molecule has 0 fully saturated rings. The fourth-order valence-corrected chi connectivity index (χ4v) is 1.99. The number of rotatable bonds is 9. The second-order valence-corrected chi connectivity index (χ2v) is 5.04. The van der Waals surface area contributed by atoms with Crippen LogP contribution in [0.1, 0.15) is 34.6 Å². The molecule has 138 valence electrons. The first-order valence-electron chi connectivity index (χ1n) is 7.26. The standard InChI is InChI=1S/C15H24O9/c1-8(22-10(3)17)14(23-11(4)18)15(24-12(5)19)13(20-6)7-21-9(2)16/h8,13-15H,7H2,1-6H3/t8-,13+,14+,15-/m1/s1. The highest BCUT2D eigenvalue weighted by molar-refractivity contribution is 5.68. The minimum atomic E-state index is -1.15. The molecule has 0 bridgehead atoms. The number of hydrogen-bond donors (Lipinski definition) is 0. The Balaban J connectivity index is 5.52. The predicted octanol–water partition coefficient (Wildman–Crippen LogP) is 0.380. The third-order valence-corrected chi connectivity index (χ3v) is 2.86. The molecule has 4 atom stereocenters. The molecule has 9 heteroatoms. The summed E-state index contributed by atoms with van der Waals surface area (Å²) in [7, 11) is 1.31. The smallest absolute Gasteiger partial charge is 0.303 e. The molecule has 0 aromatic rings. The van der Waals surface area contributed by atoms with E-state index in [1.807, 2.05) is 0 Å². The van der Waals surface area contributed by atoms with Crippen LogP contribution in [0.3, 0.4) is 0 Å². The molecule has 0 rings (SSSR count). The van der Waals surface area contributed by atoms with Gasteiger partial charge in [0.2, 0.25) is 0 Å². The average Bonchev–Trinajstić information content (AvgIpc) is 2.42. The summed E-state index contributed by atoms with van der Waals surface area (Å²) >= 11 is 0. The second-order valence-electron chi connectivity index (χ2n) is 5.04. The van der Waals surface area contributed by atoms with Crippen LogP contribution in [-0.2, 0) is 42.9 Å². The fraction of sp³-hybridized carbons (Fsp3) is 0.733. The lowest BCUT2D eigenvalue weighted by Gasteiger charge is -2.33. The molecular weight excluding hydrogens is 324 g/mol. The van der Waals surface area contributed by atoms with Gasteiger partial charge in [0.1, 0.15) is 18.8 Å². The summed E-state index contributed by atoms with van der Waals surface area (Å²) < 4.78 is 25.4. The van der Waals surface area contributed by atoms with Crippen molar-refractivity contribution in [3.05, 3.63) is 0 Å². The number of esters is 4.